The van der Waals surface area contributed by atoms with Crippen molar-refractivity contribution in [2.75, 3.05) is 6.54 Å². The van der Waals surface area contributed by atoms with E-state index in [2.05, 4.69) is 0 Å². The number of phenols is 1. The molecule has 0 aromatic heterocycles. The van der Waals surface area contributed by atoms with E-state index in [9.17, 15) is 9.90 Å². The third-order valence-corrected chi connectivity index (χ3v) is 4.64. The highest BCUT2D eigenvalue weighted by molar-refractivity contribution is 6.42. The van der Waals surface area contributed by atoms with Crippen molar-refractivity contribution >= 4 is 29.2 Å². The summed E-state index contributed by atoms with van der Waals surface area (Å²) in [7, 11) is 0. The number of rotatable bonds is 1. The lowest BCUT2D eigenvalue weighted by molar-refractivity contribution is 0.190. The van der Waals surface area contributed by atoms with Crippen LogP contribution in [0, 0.1) is 0 Å². The van der Waals surface area contributed by atoms with Crippen LogP contribution < -0.4 is 5.73 Å². The molecule has 1 aliphatic rings. The Morgan fingerprint density at radius 2 is 1.95 bits per heavy atom. The number of halogens is 2. The zero-order chi connectivity index (χ0) is 15.9. The van der Waals surface area contributed by atoms with Gasteiger partial charge in [0.1, 0.15) is 5.75 Å². The van der Waals surface area contributed by atoms with Crippen LogP contribution in [0.25, 0.3) is 0 Å². The topological polar surface area (TPSA) is 66.6 Å². The first kappa shape index (κ1) is 15.0. The normalized spacial score (nSPS) is 17.2. The second kappa shape index (κ2) is 5.71. The van der Waals surface area contributed by atoms with Gasteiger partial charge in [-0.1, -0.05) is 35.3 Å². The van der Waals surface area contributed by atoms with E-state index in [1.165, 1.54) is 0 Å². The number of amides is 2. The van der Waals surface area contributed by atoms with E-state index < -0.39 is 6.03 Å². The summed E-state index contributed by atoms with van der Waals surface area (Å²) in [6.45, 7) is 0.483. The maximum Gasteiger partial charge on any atom is 0.315 e. The molecule has 114 valence electrons. The van der Waals surface area contributed by atoms with E-state index in [1.807, 2.05) is 12.1 Å². The van der Waals surface area contributed by atoms with E-state index in [0.717, 1.165) is 16.7 Å². The first-order chi connectivity index (χ1) is 10.5. The Bertz CT molecular complexity index is 749. The third kappa shape index (κ3) is 2.60. The summed E-state index contributed by atoms with van der Waals surface area (Å²) in [5.74, 6) is 0.208. The summed E-state index contributed by atoms with van der Waals surface area (Å²) < 4.78 is 0. The fraction of sp³-hybridized carbons (Fsp3) is 0.188. The number of urea groups is 1. The highest BCUT2D eigenvalue weighted by atomic mass is 35.5. The van der Waals surface area contributed by atoms with Gasteiger partial charge in [0.15, 0.2) is 0 Å². The number of primary amides is 1. The molecule has 2 amide bonds. The average molecular weight is 337 g/mol. The second-order valence-electron chi connectivity index (χ2n) is 5.24. The number of carbonyl (C=O) groups is 1. The lowest BCUT2D eigenvalue weighted by atomic mass is 9.88. The summed E-state index contributed by atoms with van der Waals surface area (Å²) in [6, 6.07) is 9.58. The van der Waals surface area contributed by atoms with Crippen molar-refractivity contribution in [3.63, 3.8) is 0 Å². The molecule has 0 radical (unpaired) electrons. The predicted molar refractivity (Wildman–Crippen MR) is 86.4 cm³/mol. The van der Waals surface area contributed by atoms with E-state index in [4.69, 9.17) is 28.9 Å². The van der Waals surface area contributed by atoms with Crippen molar-refractivity contribution in [1.82, 2.24) is 4.90 Å². The second-order valence-corrected chi connectivity index (χ2v) is 6.06. The highest BCUT2D eigenvalue weighted by Crippen LogP contribution is 2.38. The molecule has 6 heteroatoms. The summed E-state index contributed by atoms with van der Waals surface area (Å²) in [5.41, 5.74) is 8.29. The summed E-state index contributed by atoms with van der Waals surface area (Å²) in [5, 5.41) is 10.5. The maximum absolute atomic E-state index is 11.8. The molecular formula is C16H14Cl2N2O2. The van der Waals surface area contributed by atoms with Crippen LogP contribution in [0.5, 0.6) is 5.75 Å². The fourth-order valence-corrected chi connectivity index (χ4v) is 3.20. The average Bonchev–Trinajstić information content (AvgIpc) is 2.48. The largest absolute Gasteiger partial charge is 0.508 e. The molecule has 3 rings (SSSR count). The van der Waals surface area contributed by atoms with Crippen molar-refractivity contribution in [2.45, 2.75) is 12.5 Å². The van der Waals surface area contributed by atoms with E-state index >= 15 is 0 Å². The monoisotopic (exact) mass is 336 g/mol. The van der Waals surface area contributed by atoms with Gasteiger partial charge in [-0.05, 0) is 47.4 Å². The first-order valence-corrected chi connectivity index (χ1v) is 7.56. The van der Waals surface area contributed by atoms with Crippen LogP contribution in [0.4, 0.5) is 4.79 Å². The first-order valence-electron chi connectivity index (χ1n) is 6.80. The SMILES string of the molecule is NC(=O)N1CCc2cc(O)ccc2C1c1ccc(Cl)c(Cl)c1. The molecule has 2 aromatic carbocycles. The minimum absolute atomic E-state index is 0.208. The number of carbonyl (C=O) groups excluding carboxylic acids is 1. The molecule has 0 saturated carbocycles. The van der Waals surface area contributed by atoms with Gasteiger partial charge in [-0.15, -0.1) is 0 Å². The van der Waals surface area contributed by atoms with Crippen LogP contribution in [0.3, 0.4) is 0 Å². The van der Waals surface area contributed by atoms with Crippen molar-refractivity contribution in [2.24, 2.45) is 5.73 Å². The minimum Gasteiger partial charge on any atom is -0.508 e. The van der Waals surface area contributed by atoms with Crippen LogP contribution in [-0.4, -0.2) is 22.6 Å². The molecular weight excluding hydrogens is 323 g/mol. The number of hydrogen-bond acceptors (Lipinski definition) is 2. The van der Waals surface area contributed by atoms with E-state index in [1.54, 1.807) is 29.2 Å². The third-order valence-electron chi connectivity index (χ3n) is 3.90. The molecule has 22 heavy (non-hydrogen) atoms. The Hall–Kier alpha value is -1.91. The Balaban J connectivity index is 2.15. The number of benzene rings is 2. The molecule has 1 heterocycles. The van der Waals surface area contributed by atoms with Gasteiger partial charge in [0.25, 0.3) is 0 Å². The molecule has 0 spiro atoms. The zero-order valence-corrected chi connectivity index (χ0v) is 13.1. The van der Waals surface area contributed by atoms with Crippen LogP contribution in [0.1, 0.15) is 22.7 Å². The van der Waals surface area contributed by atoms with Crippen molar-refractivity contribution in [3.8, 4) is 5.75 Å². The van der Waals surface area contributed by atoms with Gasteiger partial charge in [-0.3, -0.25) is 0 Å². The number of aromatic hydroxyl groups is 1. The van der Waals surface area contributed by atoms with Crippen molar-refractivity contribution in [3.05, 3.63) is 63.1 Å². The Kier molecular flexibility index (Phi) is 3.89. The molecule has 0 fully saturated rings. The number of hydrogen-bond donors (Lipinski definition) is 2. The summed E-state index contributed by atoms with van der Waals surface area (Å²) in [6.07, 6.45) is 0.643. The lowest BCUT2D eigenvalue weighted by Gasteiger charge is -2.36. The van der Waals surface area contributed by atoms with Gasteiger partial charge < -0.3 is 15.7 Å². The van der Waals surface area contributed by atoms with E-state index in [-0.39, 0.29) is 11.8 Å². The van der Waals surface area contributed by atoms with Crippen LogP contribution in [0.2, 0.25) is 10.0 Å². The Morgan fingerprint density at radius 3 is 2.64 bits per heavy atom. The molecule has 0 aliphatic carbocycles. The molecule has 0 bridgehead atoms. The molecule has 4 nitrogen and oxygen atoms in total. The molecule has 0 saturated heterocycles. The van der Waals surface area contributed by atoms with Crippen LogP contribution in [-0.2, 0) is 6.42 Å². The van der Waals surface area contributed by atoms with Gasteiger partial charge in [-0.2, -0.15) is 0 Å². The van der Waals surface area contributed by atoms with Gasteiger partial charge in [0.2, 0.25) is 0 Å². The van der Waals surface area contributed by atoms with Gasteiger partial charge in [-0.25, -0.2) is 4.79 Å². The number of nitrogens with two attached hydrogens (primary N) is 1. The van der Waals surface area contributed by atoms with Gasteiger partial charge >= 0.3 is 6.03 Å². The predicted octanol–water partition coefficient (Wildman–Crippen LogP) is 3.73. The maximum atomic E-state index is 11.8. The zero-order valence-electron chi connectivity index (χ0n) is 11.6. The number of phenolic OH excluding ortho intramolecular Hbond substituents is 1. The highest BCUT2D eigenvalue weighted by Gasteiger charge is 2.31. The molecule has 1 unspecified atom stereocenters. The Labute approximate surface area is 138 Å². The standard InChI is InChI=1S/C16H14Cl2N2O2/c17-13-4-1-10(8-14(13)18)15-12-3-2-11(21)7-9(12)5-6-20(15)16(19)22/h1-4,7-8,15,21H,5-6H2,(H2,19,22). The van der Waals surface area contributed by atoms with Crippen LogP contribution >= 0.6 is 23.2 Å². The summed E-state index contributed by atoms with van der Waals surface area (Å²) in [4.78, 5) is 13.4. The molecule has 2 aromatic rings. The lowest BCUT2D eigenvalue weighted by Crippen LogP contribution is -2.43. The van der Waals surface area contributed by atoms with Crippen molar-refractivity contribution < 1.29 is 9.90 Å². The van der Waals surface area contributed by atoms with Gasteiger partial charge in [0, 0.05) is 6.54 Å². The smallest absolute Gasteiger partial charge is 0.315 e. The van der Waals surface area contributed by atoms with Crippen molar-refractivity contribution in [1.29, 1.82) is 0 Å². The minimum atomic E-state index is -0.491. The molecule has 1 atom stereocenters. The number of nitrogens with zero attached hydrogens (tertiary/aromatic N) is 1. The van der Waals surface area contributed by atoms with E-state index in [0.29, 0.717) is 23.0 Å². The summed E-state index contributed by atoms with van der Waals surface area (Å²) >= 11 is 12.1. The molecule has 1 aliphatic heterocycles. The number of fused-ring (bicyclic) bond motifs is 1. The Morgan fingerprint density at radius 1 is 1.18 bits per heavy atom. The van der Waals surface area contributed by atoms with Crippen LogP contribution in [0.15, 0.2) is 36.4 Å². The quantitative estimate of drug-likeness (QED) is 0.833. The fourth-order valence-electron chi connectivity index (χ4n) is 2.89. The van der Waals surface area contributed by atoms with Gasteiger partial charge in [0.05, 0.1) is 16.1 Å². The molecule has 3 N–H and O–H groups in total.